The fraction of sp³-hybridized carbons (Fsp3) is 0.533. The quantitative estimate of drug-likeness (QED) is 0.476. The molecule has 2 aliphatic carbocycles. The fourth-order valence-corrected chi connectivity index (χ4v) is 2.24. The molecular formula is C15H15F3O6. The molecule has 0 radical (unpaired) electrons. The van der Waals surface area contributed by atoms with Crippen molar-refractivity contribution in [1.82, 2.24) is 0 Å². The van der Waals surface area contributed by atoms with Crippen molar-refractivity contribution in [3.8, 4) is 0 Å². The van der Waals surface area contributed by atoms with Crippen LogP contribution in [0.25, 0.3) is 0 Å². The number of Topliss-reactive ketones (excluding diaryl/α,β-unsaturated/α-hetero) is 1. The second-order valence-electron chi connectivity index (χ2n) is 5.44. The summed E-state index contributed by atoms with van der Waals surface area (Å²) in [7, 11) is 0. The van der Waals surface area contributed by atoms with Crippen molar-refractivity contribution >= 4 is 17.7 Å². The Hall–Kier alpha value is -2.32. The van der Waals surface area contributed by atoms with Crippen LogP contribution < -0.4 is 0 Å². The minimum atomic E-state index is -5.28. The highest BCUT2D eigenvalue weighted by Gasteiger charge is 2.45. The third kappa shape index (κ3) is 3.95. The van der Waals surface area contributed by atoms with Gasteiger partial charge in [-0.15, -0.1) is 0 Å². The van der Waals surface area contributed by atoms with Gasteiger partial charge < -0.3 is 14.6 Å². The minimum Gasteiger partial charge on any atom is -0.511 e. The maximum absolute atomic E-state index is 12.4. The number of carbonyl (C=O) groups excluding carboxylic acids is 3. The van der Waals surface area contributed by atoms with Crippen molar-refractivity contribution in [2.75, 3.05) is 6.61 Å². The first-order valence-corrected chi connectivity index (χ1v) is 7.29. The summed E-state index contributed by atoms with van der Waals surface area (Å²) in [6.07, 6.45) is -3.59. The third-order valence-corrected chi connectivity index (χ3v) is 3.53. The predicted molar refractivity (Wildman–Crippen MR) is 72.4 cm³/mol. The highest BCUT2D eigenvalue weighted by molar-refractivity contribution is 6.04. The molecule has 0 saturated heterocycles. The monoisotopic (exact) mass is 348 g/mol. The number of aliphatic hydroxyl groups excluding tert-OH is 1. The van der Waals surface area contributed by atoms with E-state index < -0.39 is 46.9 Å². The van der Waals surface area contributed by atoms with E-state index in [9.17, 15) is 32.7 Å². The van der Waals surface area contributed by atoms with Crippen molar-refractivity contribution in [1.29, 1.82) is 0 Å². The number of carbonyl (C=O) groups is 3. The molecule has 0 amide bonds. The van der Waals surface area contributed by atoms with Gasteiger partial charge in [0.1, 0.15) is 11.5 Å². The van der Waals surface area contributed by atoms with Crippen molar-refractivity contribution < 1.29 is 42.1 Å². The summed E-state index contributed by atoms with van der Waals surface area (Å²) in [5.41, 5.74) is -0.476. The molecule has 0 aromatic heterocycles. The molecule has 0 spiro atoms. The number of esters is 2. The number of hydrogen-bond acceptors (Lipinski definition) is 6. The van der Waals surface area contributed by atoms with Gasteiger partial charge in [0, 0.05) is 12.3 Å². The number of ketones is 1. The maximum Gasteiger partial charge on any atom is 0.491 e. The maximum atomic E-state index is 12.4. The van der Waals surface area contributed by atoms with Gasteiger partial charge in [-0.1, -0.05) is 0 Å². The van der Waals surface area contributed by atoms with Gasteiger partial charge >= 0.3 is 18.1 Å². The highest BCUT2D eigenvalue weighted by Crippen LogP contribution is 2.40. The Labute approximate surface area is 134 Å². The number of aliphatic hydroxyl groups is 1. The molecule has 9 heteroatoms. The number of rotatable bonds is 4. The lowest BCUT2D eigenvalue weighted by molar-refractivity contribution is -0.195. The van der Waals surface area contributed by atoms with Gasteiger partial charge in [-0.05, 0) is 25.8 Å². The van der Waals surface area contributed by atoms with Crippen LogP contribution in [0.1, 0.15) is 26.2 Å². The summed E-state index contributed by atoms with van der Waals surface area (Å²) >= 11 is 0. The van der Waals surface area contributed by atoms with E-state index >= 15 is 0 Å². The predicted octanol–water partition coefficient (Wildman–Crippen LogP) is 2.35. The molecule has 1 fully saturated rings. The Morgan fingerprint density at radius 2 is 1.96 bits per heavy atom. The number of ether oxygens (including phenoxy) is 2. The largest absolute Gasteiger partial charge is 0.511 e. The van der Waals surface area contributed by atoms with Gasteiger partial charge in [-0.2, -0.15) is 13.2 Å². The lowest BCUT2D eigenvalue weighted by Gasteiger charge is -2.22. The van der Waals surface area contributed by atoms with Crippen molar-refractivity contribution in [2.24, 2.45) is 11.8 Å². The van der Waals surface area contributed by atoms with Gasteiger partial charge in [0.2, 0.25) is 0 Å². The smallest absolute Gasteiger partial charge is 0.491 e. The lowest BCUT2D eigenvalue weighted by atomic mass is 9.88. The summed E-state index contributed by atoms with van der Waals surface area (Å²) in [5.74, 6) is -6.83. The topological polar surface area (TPSA) is 89.9 Å². The van der Waals surface area contributed by atoms with Crippen LogP contribution in [0.3, 0.4) is 0 Å². The van der Waals surface area contributed by atoms with Crippen molar-refractivity contribution in [3.05, 3.63) is 23.2 Å². The van der Waals surface area contributed by atoms with E-state index in [1.54, 1.807) is 0 Å². The molecule has 24 heavy (non-hydrogen) atoms. The summed E-state index contributed by atoms with van der Waals surface area (Å²) in [5, 5.41) is 10.0. The summed E-state index contributed by atoms with van der Waals surface area (Å²) < 4.78 is 46.2. The van der Waals surface area contributed by atoms with Gasteiger partial charge in [0.25, 0.3) is 0 Å². The molecular weight excluding hydrogens is 333 g/mol. The van der Waals surface area contributed by atoms with Crippen LogP contribution in [0.4, 0.5) is 13.2 Å². The van der Waals surface area contributed by atoms with Crippen LogP contribution in [-0.2, 0) is 23.9 Å². The average molecular weight is 348 g/mol. The fourth-order valence-electron chi connectivity index (χ4n) is 2.24. The van der Waals surface area contributed by atoms with E-state index in [4.69, 9.17) is 4.74 Å². The van der Waals surface area contributed by atoms with E-state index in [1.165, 1.54) is 6.92 Å². The Balaban J connectivity index is 2.38. The van der Waals surface area contributed by atoms with Crippen molar-refractivity contribution in [3.63, 3.8) is 0 Å². The molecule has 0 heterocycles. The molecule has 1 atom stereocenters. The van der Waals surface area contributed by atoms with E-state index in [0.29, 0.717) is 12.8 Å². The third-order valence-electron chi connectivity index (χ3n) is 3.53. The molecule has 6 nitrogen and oxygen atoms in total. The number of alkyl halides is 3. The van der Waals surface area contributed by atoms with E-state index in [-0.39, 0.29) is 18.9 Å². The highest BCUT2D eigenvalue weighted by atomic mass is 19.4. The van der Waals surface area contributed by atoms with Crippen LogP contribution in [-0.4, -0.2) is 35.6 Å². The molecule has 0 aromatic carbocycles. The van der Waals surface area contributed by atoms with E-state index in [2.05, 4.69) is 4.74 Å². The Morgan fingerprint density at radius 3 is 2.46 bits per heavy atom. The minimum absolute atomic E-state index is 0.0189. The van der Waals surface area contributed by atoms with E-state index in [0.717, 1.165) is 6.08 Å². The number of hydrogen-bond donors (Lipinski definition) is 1. The number of allylic oxidation sites excluding steroid dienone is 2. The van der Waals surface area contributed by atoms with Crippen molar-refractivity contribution in [2.45, 2.75) is 32.4 Å². The van der Waals surface area contributed by atoms with Crippen LogP contribution >= 0.6 is 0 Å². The molecule has 1 unspecified atom stereocenters. The SMILES string of the molecule is CCOC(=O)C1C=C(OC(=O)C(F)(F)F)/C(=C(/O)C2CC2)C(=O)C1. The summed E-state index contributed by atoms with van der Waals surface area (Å²) in [6.45, 7) is 1.55. The Kier molecular flexibility index (Phi) is 5.00. The van der Waals surface area contributed by atoms with Gasteiger partial charge in [-0.25, -0.2) is 4.79 Å². The van der Waals surface area contributed by atoms with E-state index in [1.807, 2.05) is 0 Å². The molecule has 0 aromatic rings. The molecule has 0 aliphatic heterocycles. The second kappa shape index (κ2) is 6.66. The summed E-state index contributed by atoms with van der Waals surface area (Å²) in [4.78, 5) is 35.0. The van der Waals surface area contributed by atoms with Gasteiger partial charge in [0.15, 0.2) is 5.78 Å². The molecule has 1 saturated carbocycles. The van der Waals surface area contributed by atoms with Crippen LogP contribution in [0.2, 0.25) is 0 Å². The van der Waals surface area contributed by atoms with Crippen LogP contribution in [0, 0.1) is 11.8 Å². The Bertz CT molecular complexity index is 628. The normalized spacial score (nSPS) is 23.4. The zero-order valence-electron chi connectivity index (χ0n) is 12.7. The lowest BCUT2D eigenvalue weighted by Crippen LogP contribution is -2.31. The zero-order chi connectivity index (χ0) is 18.1. The summed E-state index contributed by atoms with van der Waals surface area (Å²) in [6, 6.07) is 0. The van der Waals surface area contributed by atoms with Gasteiger partial charge in [0.05, 0.1) is 18.1 Å². The average Bonchev–Trinajstić information content (AvgIpc) is 3.30. The first-order valence-electron chi connectivity index (χ1n) is 7.29. The van der Waals surface area contributed by atoms with Crippen LogP contribution in [0.15, 0.2) is 23.2 Å². The molecule has 132 valence electrons. The zero-order valence-corrected chi connectivity index (χ0v) is 12.7. The van der Waals surface area contributed by atoms with Gasteiger partial charge in [-0.3, -0.25) is 9.59 Å². The second-order valence-corrected chi connectivity index (χ2v) is 5.44. The Morgan fingerprint density at radius 1 is 1.33 bits per heavy atom. The van der Waals surface area contributed by atoms with Crippen LogP contribution in [0.5, 0.6) is 0 Å². The first-order chi connectivity index (χ1) is 11.1. The molecule has 0 bridgehead atoms. The molecule has 1 N–H and O–H groups in total. The molecule has 2 rings (SSSR count). The standard InChI is InChI=1S/C15H15F3O6/c1-2-23-13(21)8-5-9(19)11(12(20)7-3-4-7)10(6-8)24-14(22)15(16,17)18/h6-8,20H,2-5H2,1H3/b12-11+. The first kappa shape index (κ1) is 18.0. The number of halogens is 3. The molecule has 2 aliphatic rings.